The van der Waals surface area contributed by atoms with Gasteiger partial charge in [0.1, 0.15) is 12.3 Å². The molecule has 0 radical (unpaired) electrons. The molecule has 0 saturated carbocycles. The number of hydrogen-bond acceptors (Lipinski definition) is 5. The number of anilines is 1. The lowest BCUT2D eigenvalue weighted by molar-refractivity contribution is -0.129. The molecule has 0 aliphatic carbocycles. The quantitative estimate of drug-likeness (QED) is 0.825. The Kier molecular flexibility index (Phi) is 5.79. The first kappa shape index (κ1) is 19.4. The van der Waals surface area contributed by atoms with Crippen molar-refractivity contribution < 1.29 is 14.3 Å². The number of carbonyl (C=O) groups excluding carboxylic acids is 2. The highest BCUT2D eigenvalue weighted by molar-refractivity contribution is 7.09. The van der Waals surface area contributed by atoms with Crippen LogP contribution in [-0.4, -0.2) is 36.0 Å². The monoisotopic (exact) mass is 387 g/mol. The van der Waals surface area contributed by atoms with Crippen molar-refractivity contribution in [2.24, 2.45) is 5.92 Å². The molecule has 0 spiro atoms. The fourth-order valence-electron chi connectivity index (χ4n) is 2.92. The van der Waals surface area contributed by atoms with Gasteiger partial charge in [-0.05, 0) is 37.5 Å². The van der Waals surface area contributed by atoms with Gasteiger partial charge in [-0.25, -0.2) is 4.98 Å². The van der Waals surface area contributed by atoms with Crippen LogP contribution < -0.4 is 15.0 Å². The zero-order valence-electron chi connectivity index (χ0n) is 16.1. The average molecular weight is 388 g/mol. The topological polar surface area (TPSA) is 71.5 Å². The van der Waals surface area contributed by atoms with Crippen LogP contribution in [0, 0.1) is 12.8 Å². The van der Waals surface area contributed by atoms with Crippen molar-refractivity contribution in [1.29, 1.82) is 0 Å². The van der Waals surface area contributed by atoms with E-state index in [2.05, 4.69) is 10.3 Å². The summed E-state index contributed by atoms with van der Waals surface area (Å²) in [5.41, 5.74) is 2.37. The second-order valence-electron chi connectivity index (χ2n) is 7.07. The van der Waals surface area contributed by atoms with Gasteiger partial charge in [0.25, 0.3) is 5.91 Å². The minimum absolute atomic E-state index is 0.0159. The fourth-order valence-corrected chi connectivity index (χ4v) is 3.54. The van der Waals surface area contributed by atoms with Gasteiger partial charge in [0, 0.05) is 17.5 Å². The number of ether oxygens (including phenoxy) is 1. The number of rotatable bonds is 6. The molecule has 0 bridgehead atoms. The molecular weight excluding hydrogens is 362 g/mol. The van der Waals surface area contributed by atoms with E-state index in [0.717, 1.165) is 16.3 Å². The number of benzene rings is 1. The highest BCUT2D eigenvalue weighted by Gasteiger charge is 2.34. The smallest absolute Gasteiger partial charge is 0.268 e. The normalized spacial score (nSPS) is 16.3. The Labute approximate surface area is 163 Å². The van der Waals surface area contributed by atoms with Crippen LogP contribution in [0.15, 0.2) is 23.6 Å². The minimum Gasteiger partial charge on any atom is -0.478 e. The maximum absolute atomic E-state index is 12.9. The molecule has 1 N–H and O–H groups in total. The molecule has 3 rings (SSSR count). The zero-order valence-corrected chi connectivity index (χ0v) is 16.9. The molecule has 1 aromatic carbocycles. The highest BCUT2D eigenvalue weighted by Crippen LogP contribution is 2.38. The Hall–Kier alpha value is -2.41. The number of fused-ring (bicyclic) bond motifs is 1. The predicted molar refractivity (Wildman–Crippen MR) is 107 cm³/mol. The van der Waals surface area contributed by atoms with Gasteiger partial charge in [0.2, 0.25) is 5.91 Å². The summed E-state index contributed by atoms with van der Waals surface area (Å²) in [6, 6.07) is 5.67. The first-order valence-electron chi connectivity index (χ1n) is 9.20. The maximum atomic E-state index is 12.9. The Morgan fingerprint density at radius 1 is 1.41 bits per heavy atom. The first-order valence-corrected chi connectivity index (χ1v) is 10.1. The summed E-state index contributed by atoms with van der Waals surface area (Å²) in [4.78, 5) is 31.3. The molecule has 2 aromatic rings. The number of thiazole rings is 1. The summed E-state index contributed by atoms with van der Waals surface area (Å²) in [5, 5.41) is 5.84. The van der Waals surface area contributed by atoms with Gasteiger partial charge >= 0.3 is 0 Å². The Balaban J connectivity index is 1.92. The molecule has 1 aliphatic heterocycles. The number of aromatic nitrogens is 1. The van der Waals surface area contributed by atoms with Crippen molar-refractivity contribution in [2.45, 2.75) is 40.2 Å². The van der Waals surface area contributed by atoms with Gasteiger partial charge in [-0.2, -0.15) is 0 Å². The fraction of sp³-hybridized carbons (Fsp3) is 0.450. The van der Waals surface area contributed by atoms with E-state index >= 15 is 0 Å². The molecule has 0 saturated heterocycles. The van der Waals surface area contributed by atoms with Crippen molar-refractivity contribution in [3.05, 3.63) is 28.6 Å². The van der Waals surface area contributed by atoms with E-state index < -0.39 is 6.10 Å². The van der Waals surface area contributed by atoms with Crippen LogP contribution in [0.3, 0.4) is 0 Å². The number of hydrogen-bond donors (Lipinski definition) is 1. The number of nitrogens with one attached hydrogen (secondary N) is 1. The molecule has 1 unspecified atom stereocenters. The predicted octanol–water partition coefficient (Wildman–Crippen LogP) is 3.39. The van der Waals surface area contributed by atoms with Gasteiger partial charge in [-0.3, -0.25) is 14.5 Å². The molecule has 2 amide bonds. The Bertz CT molecular complexity index is 847. The lowest BCUT2D eigenvalue weighted by atomic mass is 10.1. The molecule has 1 aliphatic rings. The van der Waals surface area contributed by atoms with Gasteiger partial charge in [0.05, 0.1) is 16.4 Å². The molecule has 7 heteroatoms. The van der Waals surface area contributed by atoms with E-state index in [1.165, 1.54) is 4.90 Å². The average Bonchev–Trinajstić information content (AvgIpc) is 3.08. The number of amides is 2. The van der Waals surface area contributed by atoms with Crippen LogP contribution in [-0.2, 0) is 9.59 Å². The highest BCUT2D eigenvalue weighted by atomic mass is 32.1. The first-order chi connectivity index (χ1) is 12.9. The second-order valence-corrected chi connectivity index (χ2v) is 8.13. The second kappa shape index (κ2) is 8.08. The van der Waals surface area contributed by atoms with Crippen molar-refractivity contribution >= 4 is 28.8 Å². The molecule has 0 fully saturated rings. The number of aryl methyl sites for hydroxylation is 1. The molecule has 1 atom stereocenters. The standard InChI is InChI=1S/C20H25N3O3S/c1-5-17-20(25)23(10-19(24)21-9-12(2)3)16-8-14(6-7-18(16)26-17)15-11-27-13(4)22-15/h6-8,11-12,17H,5,9-10H2,1-4H3,(H,21,24). The summed E-state index contributed by atoms with van der Waals surface area (Å²) in [5.74, 6) is 0.615. The Morgan fingerprint density at radius 3 is 2.81 bits per heavy atom. The van der Waals surface area contributed by atoms with E-state index in [4.69, 9.17) is 4.74 Å². The van der Waals surface area contributed by atoms with Gasteiger partial charge < -0.3 is 10.1 Å². The summed E-state index contributed by atoms with van der Waals surface area (Å²) in [6.45, 7) is 8.49. The number of carbonyl (C=O) groups is 2. The molecule has 1 aromatic heterocycles. The SMILES string of the molecule is CCC1Oc2ccc(-c3csc(C)n3)cc2N(CC(=O)NCC(C)C)C1=O. The molecule has 27 heavy (non-hydrogen) atoms. The van der Waals surface area contributed by atoms with E-state index in [-0.39, 0.29) is 18.4 Å². The third-order valence-electron chi connectivity index (χ3n) is 4.36. The van der Waals surface area contributed by atoms with Crippen molar-refractivity contribution in [3.63, 3.8) is 0 Å². The largest absolute Gasteiger partial charge is 0.478 e. The Morgan fingerprint density at radius 2 is 2.19 bits per heavy atom. The minimum atomic E-state index is -0.567. The van der Waals surface area contributed by atoms with Crippen LogP contribution in [0.25, 0.3) is 11.3 Å². The third-order valence-corrected chi connectivity index (χ3v) is 5.13. The van der Waals surface area contributed by atoms with E-state index in [0.29, 0.717) is 30.3 Å². The van der Waals surface area contributed by atoms with Crippen LogP contribution in [0.5, 0.6) is 5.75 Å². The van der Waals surface area contributed by atoms with Crippen LogP contribution in [0.4, 0.5) is 5.69 Å². The summed E-state index contributed by atoms with van der Waals surface area (Å²) < 4.78 is 5.86. The number of nitrogens with zero attached hydrogens (tertiary/aromatic N) is 2. The van der Waals surface area contributed by atoms with Crippen LogP contribution >= 0.6 is 11.3 Å². The lowest BCUT2D eigenvalue weighted by Gasteiger charge is -2.34. The molecule has 144 valence electrons. The summed E-state index contributed by atoms with van der Waals surface area (Å²) in [6.07, 6.45) is -0.0159. The van der Waals surface area contributed by atoms with Crippen LogP contribution in [0.1, 0.15) is 32.2 Å². The molecule has 2 heterocycles. The van der Waals surface area contributed by atoms with Gasteiger partial charge in [-0.1, -0.05) is 20.8 Å². The molecule has 6 nitrogen and oxygen atoms in total. The molecular formula is C20H25N3O3S. The van der Waals surface area contributed by atoms with Crippen molar-refractivity contribution in [1.82, 2.24) is 10.3 Å². The van der Waals surface area contributed by atoms with Crippen LogP contribution in [0.2, 0.25) is 0 Å². The van der Waals surface area contributed by atoms with Crippen molar-refractivity contribution in [3.8, 4) is 17.0 Å². The van der Waals surface area contributed by atoms with Crippen molar-refractivity contribution in [2.75, 3.05) is 18.0 Å². The maximum Gasteiger partial charge on any atom is 0.268 e. The lowest BCUT2D eigenvalue weighted by Crippen LogP contribution is -2.49. The van der Waals surface area contributed by atoms with E-state index in [1.54, 1.807) is 11.3 Å². The zero-order chi connectivity index (χ0) is 19.6. The third kappa shape index (κ3) is 4.30. The van der Waals surface area contributed by atoms with Gasteiger partial charge in [-0.15, -0.1) is 11.3 Å². The summed E-state index contributed by atoms with van der Waals surface area (Å²) >= 11 is 1.57. The van der Waals surface area contributed by atoms with Gasteiger partial charge in [0.15, 0.2) is 6.10 Å². The van der Waals surface area contributed by atoms with E-state index in [1.807, 2.05) is 51.3 Å². The van der Waals surface area contributed by atoms with E-state index in [9.17, 15) is 9.59 Å². The summed E-state index contributed by atoms with van der Waals surface area (Å²) in [7, 11) is 0.